The highest BCUT2D eigenvalue weighted by Gasteiger charge is 1.87. The molecule has 0 aliphatic heterocycles. The molecule has 0 heterocycles. The van der Waals surface area contributed by atoms with Crippen LogP contribution in [0.25, 0.3) is 6.08 Å². The van der Waals surface area contributed by atoms with E-state index in [1.807, 2.05) is 24.3 Å². The molecular weight excluding hydrogens is 148 g/mol. The predicted octanol–water partition coefficient (Wildman–Crippen LogP) is 2.92. The molecule has 0 atom stereocenters. The van der Waals surface area contributed by atoms with Crippen molar-refractivity contribution in [2.24, 2.45) is 0 Å². The lowest BCUT2D eigenvalue weighted by Gasteiger charge is -1.92. The Balaban J connectivity index is 2.77. The molecule has 12 heavy (non-hydrogen) atoms. The molecule has 1 aromatic carbocycles. The van der Waals surface area contributed by atoms with Gasteiger partial charge in [0.2, 0.25) is 0 Å². The quantitative estimate of drug-likeness (QED) is 0.621. The molecular formula is C11H12O. The summed E-state index contributed by atoms with van der Waals surface area (Å²) in [7, 11) is 0. The zero-order chi connectivity index (χ0) is 8.81. The molecule has 0 N–H and O–H groups in total. The van der Waals surface area contributed by atoms with Crippen LogP contribution >= 0.6 is 0 Å². The van der Waals surface area contributed by atoms with Crippen LogP contribution in [0.1, 0.15) is 29.3 Å². The normalized spacial score (nSPS) is 10.4. The van der Waals surface area contributed by atoms with Gasteiger partial charge in [0.25, 0.3) is 0 Å². The molecule has 0 amide bonds. The Bertz CT molecular complexity index is 270. The minimum atomic E-state index is 0.726. The van der Waals surface area contributed by atoms with Crippen molar-refractivity contribution in [2.75, 3.05) is 0 Å². The third-order valence-electron chi connectivity index (χ3n) is 1.62. The van der Waals surface area contributed by atoms with Crippen molar-refractivity contribution in [2.45, 2.75) is 13.3 Å². The summed E-state index contributed by atoms with van der Waals surface area (Å²) in [5.41, 5.74) is 1.87. The lowest BCUT2D eigenvalue weighted by molar-refractivity contribution is 0.112. The largest absolute Gasteiger partial charge is 0.298 e. The van der Waals surface area contributed by atoms with Gasteiger partial charge >= 0.3 is 0 Å². The van der Waals surface area contributed by atoms with Crippen LogP contribution in [0.2, 0.25) is 0 Å². The van der Waals surface area contributed by atoms with Crippen molar-refractivity contribution < 1.29 is 4.79 Å². The molecule has 0 aliphatic rings. The highest BCUT2D eigenvalue weighted by molar-refractivity contribution is 5.75. The second-order valence-electron chi connectivity index (χ2n) is 2.60. The molecule has 0 bridgehead atoms. The van der Waals surface area contributed by atoms with E-state index in [0.717, 1.165) is 23.8 Å². The molecule has 0 aliphatic carbocycles. The van der Waals surface area contributed by atoms with E-state index in [4.69, 9.17) is 0 Å². The van der Waals surface area contributed by atoms with Gasteiger partial charge in [-0.15, -0.1) is 0 Å². The monoisotopic (exact) mass is 160 g/mol. The molecule has 1 aromatic rings. The van der Waals surface area contributed by atoms with E-state index in [0.29, 0.717) is 0 Å². The van der Waals surface area contributed by atoms with Gasteiger partial charge in [-0.25, -0.2) is 0 Å². The molecule has 1 nitrogen and oxygen atoms in total. The van der Waals surface area contributed by atoms with E-state index in [1.54, 1.807) is 0 Å². The number of aldehydes is 1. The van der Waals surface area contributed by atoms with Crippen LogP contribution in [-0.4, -0.2) is 6.29 Å². The smallest absolute Gasteiger partial charge is 0.150 e. The minimum Gasteiger partial charge on any atom is -0.298 e. The van der Waals surface area contributed by atoms with Crippen molar-refractivity contribution >= 4 is 12.4 Å². The van der Waals surface area contributed by atoms with Crippen molar-refractivity contribution in [1.29, 1.82) is 0 Å². The van der Waals surface area contributed by atoms with E-state index in [2.05, 4.69) is 19.1 Å². The fraction of sp³-hybridized carbons (Fsp3) is 0.182. The number of hydrogen-bond donors (Lipinski definition) is 0. The first-order chi connectivity index (χ1) is 5.86. The summed E-state index contributed by atoms with van der Waals surface area (Å²) < 4.78 is 0. The van der Waals surface area contributed by atoms with Gasteiger partial charge in [0.15, 0.2) is 0 Å². The molecule has 0 saturated carbocycles. The van der Waals surface area contributed by atoms with Crippen LogP contribution in [0.4, 0.5) is 0 Å². The van der Waals surface area contributed by atoms with Crippen LogP contribution in [0.15, 0.2) is 30.3 Å². The Morgan fingerprint density at radius 2 is 1.75 bits per heavy atom. The SMILES string of the molecule is CCC=Cc1ccc(C=O)cc1. The summed E-state index contributed by atoms with van der Waals surface area (Å²) in [5, 5.41) is 0. The van der Waals surface area contributed by atoms with Gasteiger partial charge in [-0.1, -0.05) is 43.3 Å². The van der Waals surface area contributed by atoms with Crippen LogP contribution < -0.4 is 0 Å². The molecule has 0 unspecified atom stereocenters. The van der Waals surface area contributed by atoms with E-state index in [1.165, 1.54) is 0 Å². The van der Waals surface area contributed by atoms with Crippen molar-refractivity contribution in [3.05, 3.63) is 41.5 Å². The van der Waals surface area contributed by atoms with E-state index in [9.17, 15) is 4.79 Å². The Morgan fingerprint density at radius 1 is 1.17 bits per heavy atom. The third kappa shape index (κ3) is 2.35. The summed E-state index contributed by atoms with van der Waals surface area (Å²) >= 11 is 0. The zero-order valence-corrected chi connectivity index (χ0v) is 7.16. The Kier molecular flexibility index (Phi) is 3.27. The summed E-state index contributed by atoms with van der Waals surface area (Å²) in [5.74, 6) is 0. The van der Waals surface area contributed by atoms with Gasteiger partial charge in [0.05, 0.1) is 0 Å². The standard InChI is InChI=1S/C11H12O/c1-2-3-4-10-5-7-11(9-12)8-6-10/h3-9H,2H2,1H3. The average molecular weight is 160 g/mol. The predicted molar refractivity (Wildman–Crippen MR) is 51.2 cm³/mol. The number of hydrogen-bond acceptors (Lipinski definition) is 1. The van der Waals surface area contributed by atoms with Gasteiger partial charge in [0.1, 0.15) is 6.29 Å². The lowest BCUT2D eigenvalue weighted by atomic mass is 10.1. The fourth-order valence-electron chi connectivity index (χ4n) is 0.940. The second-order valence-corrected chi connectivity index (χ2v) is 2.60. The van der Waals surface area contributed by atoms with Gasteiger partial charge in [-0.3, -0.25) is 4.79 Å². The minimum absolute atomic E-state index is 0.726. The zero-order valence-electron chi connectivity index (χ0n) is 7.16. The lowest BCUT2D eigenvalue weighted by Crippen LogP contribution is -1.78. The molecule has 0 radical (unpaired) electrons. The van der Waals surface area contributed by atoms with E-state index >= 15 is 0 Å². The summed E-state index contributed by atoms with van der Waals surface area (Å²) in [4.78, 5) is 10.3. The summed E-state index contributed by atoms with van der Waals surface area (Å²) in [6, 6.07) is 7.52. The molecule has 0 aromatic heterocycles. The van der Waals surface area contributed by atoms with Gasteiger partial charge in [-0.2, -0.15) is 0 Å². The number of carbonyl (C=O) groups excluding carboxylic acids is 1. The molecule has 0 spiro atoms. The molecule has 0 saturated heterocycles. The Hall–Kier alpha value is -1.37. The van der Waals surface area contributed by atoms with Crippen molar-refractivity contribution in [3.63, 3.8) is 0 Å². The Labute approximate surface area is 72.7 Å². The first-order valence-corrected chi connectivity index (χ1v) is 4.08. The van der Waals surface area contributed by atoms with Gasteiger partial charge in [0, 0.05) is 5.56 Å². The number of rotatable bonds is 3. The van der Waals surface area contributed by atoms with Gasteiger partial charge in [-0.05, 0) is 12.0 Å². The van der Waals surface area contributed by atoms with Crippen LogP contribution in [-0.2, 0) is 0 Å². The number of allylic oxidation sites excluding steroid dienone is 1. The third-order valence-corrected chi connectivity index (χ3v) is 1.62. The first kappa shape index (κ1) is 8.72. The molecule has 62 valence electrons. The molecule has 0 fully saturated rings. The fourth-order valence-corrected chi connectivity index (χ4v) is 0.940. The highest BCUT2D eigenvalue weighted by atomic mass is 16.1. The molecule has 1 rings (SSSR count). The summed E-state index contributed by atoms with van der Waals surface area (Å²) in [6.45, 7) is 2.09. The van der Waals surface area contributed by atoms with Crippen molar-refractivity contribution in [1.82, 2.24) is 0 Å². The van der Waals surface area contributed by atoms with Crippen LogP contribution in [0.3, 0.4) is 0 Å². The average Bonchev–Trinajstić information content (AvgIpc) is 2.15. The van der Waals surface area contributed by atoms with Gasteiger partial charge < -0.3 is 0 Å². The first-order valence-electron chi connectivity index (χ1n) is 4.08. The highest BCUT2D eigenvalue weighted by Crippen LogP contribution is 2.04. The number of benzene rings is 1. The van der Waals surface area contributed by atoms with E-state index < -0.39 is 0 Å². The molecule has 1 heteroatoms. The maximum absolute atomic E-state index is 10.3. The van der Waals surface area contributed by atoms with Crippen molar-refractivity contribution in [3.8, 4) is 0 Å². The number of carbonyl (C=O) groups is 1. The van der Waals surface area contributed by atoms with Crippen LogP contribution in [0.5, 0.6) is 0 Å². The Morgan fingerprint density at radius 3 is 2.25 bits per heavy atom. The summed E-state index contributed by atoms with van der Waals surface area (Å²) in [6.07, 6.45) is 6.03. The second kappa shape index (κ2) is 4.50. The topological polar surface area (TPSA) is 17.1 Å². The maximum Gasteiger partial charge on any atom is 0.150 e. The van der Waals surface area contributed by atoms with E-state index in [-0.39, 0.29) is 0 Å². The van der Waals surface area contributed by atoms with Crippen LogP contribution in [0, 0.1) is 0 Å². The maximum atomic E-state index is 10.3.